The molecule has 1 unspecified atom stereocenters. The minimum atomic E-state index is -0.922. The molecule has 1 aromatic rings. The fraction of sp³-hybridized carbons (Fsp3) is 0.375. The summed E-state index contributed by atoms with van der Waals surface area (Å²) in [6.45, 7) is -0.0830. The van der Waals surface area contributed by atoms with Gasteiger partial charge >= 0.3 is 5.97 Å². The molecule has 0 aliphatic rings. The van der Waals surface area contributed by atoms with Crippen molar-refractivity contribution in [1.29, 1.82) is 0 Å². The van der Waals surface area contributed by atoms with E-state index in [9.17, 15) is 4.79 Å². The molecule has 14 heavy (non-hydrogen) atoms. The van der Waals surface area contributed by atoms with E-state index in [1.54, 1.807) is 12.1 Å². The van der Waals surface area contributed by atoms with E-state index in [1.165, 1.54) is 11.3 Å². The Labute approximate surface area is 91.8 Å². The van der Waals surface area contributed by atoms with Gasteiger partial charge in [-0.05, 0) is 18.6 Å². The second-order valence-corrected chi connectivity index (χ2v) is 3.89. The molecular formula is C8H12ClNO3S. The summed E-state index contributed by atoms with van der Waals surface area (Å²) in [5, 5.41) is 17.3. The zero-order chi connectivity index (χ0) is 9.84. The lowest BCUT2D eigenvalue weighted by atomic mass is 10.2. The van der Waals surface area contributed by atoms with Crippen molar-refractivity contribution < 1.29 is 15.0 Å². The van der Waals surface area contributed by atoms with Crippen LogP contribution >= 0.6 is 23.7 Å². The number of halogens is 1. The van der Waals surface area contributed by atoms with E-state index in [-0.39, 0.29) is 25.1 Å². The number of aromatic carboxylic acids is 1. The maximum Gasteiger partial charge on any atom is 0.345 e. The molecule has 0 aromatic carbocycles. The van der Waals surface area contributed by atoms with E-state index >= 15 is 0 Å². The van der Waals surface area contributed by atoms with Crippen molar-refractivity contribution in [2.45, 2.75) is 12.5 Å². The SMILES string of the molecule is Cl.NC(CO)Cc1ccc(C(=O)O)s1. The normalized spacial score (nSPS) is 11.9. The number of carbonyl (C=O) groups is 1. The van der Waals surface area contributed by atoms with Gasteiger partial charge in [-0.2, -0.15) is 0 Å². The Morgan fingerprint density at radius 3 is 2.64 bits per heavy atom. The van der Waals surface area contributed by atoms with Gasteiger partial charge in [-0.25, -0.2) is 4.79 Å². The van der Waals surface area contributed by atoms with Crippen LogP contribution in [0.4, 0.5) is 0 Å². The van der Waals surface area contributed by atoms with Gasteiger partial charge in [-0.3, -0.25) is 0 Å². The molecular weight excluding hydrogens is 226 g/mol. The van der Waals surface area contributed by atoms with Crippen LogP contribution in [0.2, 0.25) is 0 Å². The zero-order valence-electron chi connectivity index (χ0n) is 7.34. The number of hydrogen-bond donors (Lipinski definition) is 3. The molecule has 4 N–H and O–H groups in total. The molecule has 6 heteroatoms. The molecule has 1 aromatic heterocycles. The average Bonchev–Trinajstić information content (AvgIpc) is 2.52. The van der Waals surface area contributed by atoms with Crippen LogP contribution < -0.4 is 5.73 Å². The van der Waals surface area contributed by atoms with Crippen molar-refractivity contribution >= 4 is 29.7 Å². The summed E-state index contributed by atoms with van der Waals surface area (Å²) >= 11 is 1.19. The minimum Gasteiger partial charge on any atom is -0.477 e. The van der Waals surface area contributed by atoms with Crippen molar-refractivity contribution in [2.75, 3.05) is 6.61 Å². The van der Waals surface area contributed by atoms with Gasteiger partial charge in [-0.15, -0.1) is 23.7 Å². The largest absolute Gasteiger partial charge is 0.477 e. The molecule has 0 radical (unpaired) electrons. The Hall–Kier alpha value is -0.620. The van der Waals surface area contributed by atoms with Crippen molar-refractivity contribution in [1.82, 2.24) is 0 Å². The second kappa shape index (κ2) is 5.98. The van der Waals surface area contributed by atoms with E-state index in [0.717, 1.165) is 4.88 Å². The summed E-state index contributed by atoms with van der Waals surface area (Å²) in [7, 11) is 0. The van der Waals surface area contributed by atoms with E-state index < -0.39 is 5.97 Å². The summed E-state index contributed by atoms with van der Waals surface area (Å²) in [5.74, 6) is -0.922. The maximum atomic E-state index is 10.5. The highest BCUT2D eigenvalue weighted by molar-refractivity contribution is 7.13. The highest BCUT2D eigenvalue weighted by atomic mass is 35.5. The molecule has 0 saturated carbocycles. The monoisotopic (exact) mass is 237 g/mol. The van der Waals surface area contributed by atoms with Gasteiger partial charge in [0.1, 0.15) is 4.88 Å². The minimum absolute atomic E-state index is 0. The number of rotatable bonds is 4. The third-order valence-corrected chi connectivity index (χ3v) is 2.67. The molecule has 4 nitrogen and oxygen atoms in total. The molecule has 0 aliphatic heterocycles. The number of thiophene rings is 1. The molecule has 80 valence electrons. The molecule has 1 rings (SSSR count). The second-order valence-electron chi connectivity index (χ2n) is 2.72. The fourth-order valence-corrected chi connectivity index (χ4v) is 1.86. The molecule has 0 amide bonds. The molecule has 0 bridgehead atoms. The Morgan fingerprint density at radius 2 is 2.21 bits per heavy atom. The lowest BCUT2D eigenvalue weighted by molar-refractivity contribution is 0.0702. The topological polar surface area (TPSA) is 83.5 Å². The summed E-state index contributed by atoms with van der Waals surface area (Å²) in [6.07, 6.45) is 0.522. The lowest BCUT2D eigenvalue weighted by Crippen LogP contribution is -2.26. The molecule has 0 saturated heterocycles. The molecule has 1 atom stereocenters. The van der Waals surface area contributed by atoms with Crippen LogP contribution in [0.25, 0.3) is 0 Å². The predicted octanol–water partition coefficient (Wildman–Crippen LogP) is 0.730. The fourth-order valence-electron chi connectivity index (χ4n) is 0.926. The summed E-state index contributed by atoms with van der Waals surface area (Å²) in [5.41, 5.74) is 5.50. The molecule has 1 heterocycles. The first-order valence-electron chi connectivity index (χ1n) is 3.82. The van der Waals surface area contributed by atoms with Crippen molar-refractivity contribution in [3.8, 4) is 0 Å². The van der Waals surface area contributed by atoms with Crippen LogP contribution in [0, 0.1) is 0 Å². The predicted molar refractivity (Wildman–Crippen MR) is 57.3 cm³/mol. The standard InChI is InChI=1S/C8H11NO3S.ClH/c9-5(4-10)3-6-1-2-7(13-6)8(11)12;/h1-2,5,10H,3-4,9H2,(H,11,12);1H. The van der Waals surface area contributed by atoms with Gasteiger partial charge in [0.25, 0.3) is 0 Å². The third-order valence-electron chi connectivity index (χ3n) is 1.57. The number of nitrogens with two attached hydrogens (primary N) is 1. The number of carboxylic acids is 1. The van der Waals surface area contributed by atoms with Crippen LogP contribution in [0.1, 0.15) is 14.5 Å². The lowest BCUT2D eigenvalue weighted by Gasteiger charge is -2.04. The van der Waals surface area contributed by atoms with Gasteiger partial charge in [0, 0.05) is 10.9 Å². The van der Waals surface area contributed by atoms with Crippen molar-refractivity contribution in [3.63, 3.8) is 0 Å². The van der Waals surface area contributed by atoms with E-state index in [4.69, 9.17) is 15.9 Å². The Balaban J connectivity index is 0.00000169. The Bertz CT molecular complexity index is 303. The first-order valence-corrected chi connectivity index (χ1v) is 4.63. The van der Waals surface area contributed by atoms with Crippen LogP contribution in [0.15, 0.2) is 12.1 Å². The third kappa shape index (κ3) is 3.63. The first kappa shape index (κ1) is 13.4. The van der Waals surface area contributed by atoms with Crippen LogP contribution in [-0.4, -0.2) is 28.8 Å². The summed E-state index contributed by atoms with van der Waals surface area (Å²) in [4.78, 5) is 11.7. The number of aliphatic hydroxyl groups excluding tert-OH is 1. The first-order chi connectivity index (χ1) is 6.13. The summed E-state index contributed by atoms with van der Waals surface area (Å²) < 4.78 is 0. The molecule has 0 spiro atoms. The van der Waals surface area contributed by atoms with Crippen molar-refractivity contribution in [2.24, 2.45) is 5.73 Å². The quantitative estimate of drug-likeness (QED) is 0.721. The van der Waals surface area contributed by atoms with Crippen LogP contribution in [0.3, 0.4) is 0 Å². The van der Waals surface area contributed by atoms with Crippen LogP contribution in [-0.2, 0) is 6.42 Å². The Morgan fingerprint density at radius 1 is 1.57 bits per heavy atom. The number of carboxylic acid groups (broad SMARTS) is 1. The van der Waals surface area contributed by atoms with E-state index in [1.807, 2.05) is 0 Å². The van der Waals surface area contributed by atoms with E-state index in [2.05, 4.69) is 0 Å². The smallest absolute Gasteiger partial charge is 0.345 e. The Kier molecular flexibility index (Phi) is 5.71. The molecule has 0 fully saturated rings. The van der Waals surface area contributed by atoms with Crippen LogP contribution in [0.5, 0.6) is 0 Å². The van der Waals surface area contributed by atoms with Gasteiger partial charge < -0.3 is 15.9 Å². The zero-order valence-corrected chi connectivity index (χ0v) is 8.98. The van der Waals surface area contributed by atoms with Gasteiger partial charge in [-0.1, -0.05) is 0 Å². The number of aliphatic hydroxyl groups is 1. The number of hydrogen-bond acceptors (Lipinski definition) is 4. The van der Waals surface area contributed by atoms with Gasteiger partial charge in [0.2, 0.25) is 0 Å². The highest BCUT2D eigenvalue weighted by Gasteiger charge is 2.09. The highest BCUT2D eigenvalue weighted by Crippen LogP contribution is 2.17. The van der Waals surface area contributed by atoms with Crippen molar-refractivity contribution in [3.05, 3.63) is 21.9 Å². The molecule has 0 aliphatic carbocycles. The van der Waals surface area contributed by atoms with Gasteiger partial charge in [0.15, 0.2) is 0 Å². The summed E-state index contributed by atoms with van der Waals surface area (Å²) in [6, 6.07) is 2.97. The maximum absolute atomic E-state index is 10.5. The van der Waals surface area contributed by atoms with Gasteiger partial charge in [0.05, 0.1) is 6.61 Å². The van der Waals surface area contributed by atoms with E-state index in [0.29, 0.717) is 11.3 Å². The average molecular weight is 238 g/mol.